The maximum atomic E-state index is 8.42. The lowest BCUT2D eigenvalue weighted by Gasteiger charge is -2.02. The van der Waals surface area contributed by atoms with E-state index in [0.717, 1.165) is 19.3 Å². The molecule has 0 rings (SSSR count). The summed E-state index contributed by atoms with van der Waals surface area (Å²) in [5, 5.41) is 16.7. The van der Waals surface area contributed by atoms with Gasteiger partial charge in [0.05, 0.1) is 12.1 Å². The van der Waals surface area contributed by atoms with Gasteiger partial charge in [-0.3, -0.25) is 0 Å². The molecular weight excluding hydrogens is 244 g/mol. The van der Waals surface area contributed by atoms with Crippen LogP contribution >= 0.6 is 0 Å². The Labute approximate surface area is 125 Å². The molecule has 0 aliphatic heterocycles. The first-order valence-corrected chi connectivity index (χ1v) is 8.33. The Morgan fingerprint density at radius 2 is 1.05 bits per heavy atom. The van der Waals surface area contributed by atoms with Gasteiger partial charge in [-0.2, -0.15) is 10.5 Å². The molecule has 0 saturated heterocycles. The molecule has 0 aromatic carbocycles. The number of allylic oxidation sites excluding steroid dienone is 2. The fourth-order valence-corrected chi connectivity index (χ4v) is 2.37. The average Bonchev–Trinajstić information content (AvgIpc) is 2.47. The fourth-order valence-electron chi connectivity index (χ4n) is 2.37. The molecule has 0 N–H and O–H groups in total. The molecule has 0 aromatic rings. The van der Waals surface area contributed by atoms with Gasteiger partial charge in [-0.15, -0.1) is 0 Å². The van der Waals surface area contributed by atoms with Gasteiger partial charge < -0.3 is 0 Å². The van der Waals surface area contributed by atoms with Crippen LogP contribution in [0, 0.1) is 22.7 Å². The number of hydrogen-bond donors (Lipinski definition) is 0. The van der Waals surface area contributed by atoms with Gasteiger partial charge in [-0.1, -0.05) is 70.3 Å². The second kappa shape index (κ2) is 17.7. The normalized spacial score (nSPS) is 10.5. The zero-order valence-corrected chi connectivity index (χ0v) is 12.9. The van der Waals surface area contributed by atoms with Crippen LogP contribution in [0.3, 0.4) is 0 Å². The van der Waals surface area contributed by atoms with Crippen molar-refractivity contribution in [2.24, 2.45) is 0 Å². The van der Waals surface area contributed by atoms with Crippen molar-refractivity contribution in [3.63, 3.8) is 0 Å². The van der Waals surface area contributed by atoms with Crippen LogP contribution in [0.2, 0.25) is 0 Å². The van der Waals surface area contributed by atoms with E-state index < -0.39 is 0 Å². The monoisotopic (exact) mass is 274 g/mol. The quantitative estimate of drug-likeness (QED) is 0.286. The minimum Gasteiger partial charge on any atom is -0.198 e. The van der Waals surface area contributed by atoms with Gasteiger partial charge in [0.15, 0.2) is 0 Å². The maximum absolute atomic E-state index is 8.42. The Morgan fingerprint density at radius 1 is 0.600 bits per heavy atom. The van der Waals surface area contributed by atoms with Gasteiger partial charge >= 0.3 is 0 Å². The lowest BCUT2D eigenvalue weighted by atomic mass is 10.0. The van der Waals surface area contributed by atoms with Crippen LogP contribution in [0.25, 0.3) is 0 Å². The maximum Gasteiger partial charge on any atom is 0.0908 e. The molecule has 2 heteroatoms. The van der Waals surface area contributed by atoms with E-state index in [0.29, 0.717) is 0 Å². The molecule has 0 atom stereocenters. The second-order valence-electron chi connectivity index (χ2n) is 5.47. The third-order valence-corrected chi connectivity index (χ3v) is 3.60. The standard InChI is InChI=1S/C18H30N2/c19-17-15-13-11-9-7-5-3-1-2-4-6-8-10-12-14-16-18-20/h13,15H,1-12,14,16H2/b15-13+. The van der Waals surface area contributed by atoms with Crippen molar-refractivity contribution in [1.29, 1.82) is 10.5 Å². The summed E-state index contributed by atoms with van der Waals surface area (Å²) < 4.78 is 0. The molecule has 0 unspecified atom stereocenters. The minimum atomic E-state index is 0.728. The molecule has 20 heavy (non-hydrogen) atoms. The zero-order chi connectivity index (χ0) is 14.7. The van der Waals surface area contributed by atoms with Crippen molar-refractivity contribution >= 4 is 0 Å². The van der Waals surface area contributed by atoms with E-state index in [-0.39, 0.29) is 0 Å². The van der Waals surface area contributed by atoms with Crippen LogP contribution < -0.4 is 0 Å². The molecule has 0 aromatic heterocycles. The fraction of sp³-hybridized carbons (Fsp3) is 0.778. The third kappa shape index (κ3) is 16.7. The first-order valence-electron chi connectivity index (χ1n) is 8.33. The van der Waals surface area contributed by atoms with Gasteiger partial charge in [0.1, 0.15) is 0 Å². The summed E-state index contributed by atoms with van der Waals surface area (Å²) in [5.74, 6) is 0. The highest BCUT2D eigenvalue weighted by Crippen LogP contribution is 2.12. The second-order valence-corrected chi connectivity index (χ2v) is 5.47. The zero-order valence-electron chi connectivity index (χ0n) is 12.9. The number of nitrogens with zero attached hydrogens (tertiary/aromatic N) is 2. The highest BCUT2D eigenvalue weighted by atomic mass is 14.2. The summed E-state index contributed by atoms with van der Waals surface area (Å²) in [7, 11) is 0. The Hall–Kier alpha value is -1.28. The molecule has 0 aliphatic carbocycles. The summed E-state index contributed by atoms with van der Waals surface area (Å²) in [4.78, 5) is 0. The lowest BCUT2D eigenvalue weighted by molar-refractivity contribution is 0.542. The van der Waals surface area contributed by atoms with E-state index >= 15 is 0 Å². The molecule has 0 aliphatic rings. The van der Waals surface area contributed by atoms with Crippen LogP contribution in [-0.4, -0.2) is 0 Å². The third-order valence-electron chi connectivity index (χ3n) is 3.60. The van der Waals surface area contributed by atoms with Gasteiger partial charge in [-0.25, -0.2) is 0 Å². The van der Waals surface area contributed by atoms with Gasteiger partial charge in [0.2, 0.25) is 0 Å². The number of hydrogen-bond acceptors (Lipinski definition) is 2. The van der Waals surface area contributed by atoms with Crippen LogP contribution in [0.4, 0.5) is 0 Å². The summed E-state index contributed by atoms with van der Waals surface area (Å²) in [6.07, 6.45) is 21.0. The van der Waals surface area contributed by atoms with Crippen LogP contribution in [0.5, 0.6) is 0 Å². The molecule has 0 radical (unpaired) electrons. The van der Waals surface area contributed by atoms with E-state index in [9.17, 15) is 0 Å². The first kappa shape index (κ1) is 18.7. The molecule has 0 bridgehead atoms. The summed E-state index contributed by atoms with van der Waals surface area (Å²) in [6.45, 7) is 0. The largest absolute Gasteiger partial charge is 0.198 e. The topological polar surface area (TPSA) is 47.6 Å². The molecule has 112 valence electrons. The van der Waals surface area contributed by atoms with Gasteiger partial charge in [0.25, 0.3) is 0 Å². The van der Waals surface area contributed by atoms with Crippen molar-refractivity contribution < 1.29 is 0 Å². The molecule has 0 saturated carbocycles. The predicted octanol–water partition coefficient (Wildman–Crippen LogP) is 6.05. The Bertz CT molecular complexity index is 294. The van der Waals surface area contributed by atoms with Gasteiger partial charge in [0, 0.05) is 12.5 Å². The Kier molecular flexibility index (Phi) is 16.6. The summed E-state index contributed by atoms with van der Waals surface area (Å²) in [6, 6.07) is 4.22. The highest BCUT2D eigenvalue weighted by molar-refractivity contribution is 5.01. The van der Waals surface area contributed by atoms with E-state index in [1.54, 1.807) is 6.08 Å². The molecule has 0 spiro atoms. The molecule has 0 amide bonds. The van der Waals surface area contributed by atoms with E-state index in [1.165, 1.54) is 70.6 Å². The van der Waals surface area contributed by atoms with Crippen LogP contribution in [-0.2, 0) is 0 Å². The minimum absolute atomic E-state index is 0.728. The predicted molar refractivity (Wildman–Crippen MR) is 85.0 cm³/mol. The number of nitriles is 2. The highest BCUT2D eigenvalue weighted by Gasteiger charge is 1.93. The SMILES string of the molecule is N#C/C=C/CCCCCCCCCCCCCCC#N. The Balaban J connectivity index is 2.98. The van der Waals surface area contributed by atoms with E-state index in [1.807, 2.05) is 12.1 Å². The molecule has 0 fully saturated rings. The van der Waals surface area contributed by atoms with Crippen molar-refractivity contribution in [3.05, 3.63) is 12.2 Å². The molecule has 2 nitrogen and oxygen atoms in total. The van der Waals surface area contributed by atoms with Gasteiger partial charge in [-0.05, 0) is 19.3 Å². The number of rotatable bonds is 14. The van der Waals surface area contributed by atoms with Crippen molar-refractivity contribution in [2.45, 2.75) is 89.9 Å². The van der Waals surface area contributed by atoms with Crippen molar-refractivity contribution in [3.8, 4) is 12.1 Å². The lowest BCUT2D eigenvalue weighted by Crippen LogP contribution is -1.82. The molecular formula is C18H30N2. The smallest absolute Gasteiger partial charge is 0.0908 e. The van der Waals surface area contributed by atoms with Crippen LogP contribution in [0.15, 0.2) is 12.2 Å². The number of unbranched alkanes of at least 4 members (excludes halogenated alkanes) is 13. The van der Waals surface area contributed by atoms with Crippen molar-refractivity contribution in [1.82, 2.24) is 0 Å². The van der Waals surface area contributed by atoms with Crippen molar-refractivity contribution in [2.75, 3.05) is 0 Å². The van der Waals surface area contributed by atoms with E-state index in [2.05, 4.69) is 6.07 Å². The Morgan fingerprint density at radius 3 is 1.50 bits per heavy atom. The first-order chi connectivity index (χ1) is 9.91. The average molecular weight is 274 g/mol. The summed E-state index contributed by atoms with van der Waals surface area (Å²) in [5.41, 5.74) is 0. The van der Waals surface area contributed by atoms with Crippen LogP contribution in [0.1, 0.15) is 89.9 Å². The van der Waals surface area contributed by atoms with E-state index in [4.69, 9.17) is 10.5 Å². The molecule has 0 heterocycles. The summed E-state index contributed by atoms with van der Waals surface area (Å²) >= 11 is 0.